The largest absolute Gasteiger partial charge is 0.485 e. The van der Waals surface area contributed by atoms with Gasteiger partial charge in [-0.15, -0.1) is 0 Å². The summed E-state index contributed by atoms with van der Waals surface area (Å²) in [6.45, 7) is 3.21. The minimum Gasteiger partial charge on any atom is -0.485 e. The van der Waals surface area contributed by atoms with Gasteiger partial charge in [0.05, 0.1) is 17.4 Å². The van der Waals surface area contributed by atoms with Gasteiger partial charge in [0.15, 0.2) is 0 Å². The number of para-hydroxylation sites is 1. The van der Waals surface area contributed by atoms with Crippen molar-refractivity contribution < 1.29 is 9.53 Å². The summed E-state index contributed by atoms with van der Waals surface area (Å²) >= 11 is 0. The van der Waals surface area contributed by atoms with Crippen molar-refractivity contribution in [3.05, 3.63) is 54.4 Å². The van der Waals surface area contributed by atoms with E-state index in [0.717, 1.165) is 38.9 Å². The maximum absolute atomic E-state index is 12.7. The fourth-order valence-electron chi connectivity index (χ4n) is 3.69. The highest BCUT2D eigenvalue weighted by Crippen LogP contribution is 2.36. The van der Waals surface area contributed by atoms with Crippen LogP contribution in [0.1, 0.15) is 29.6 Å². The number of rotatable bonds is 4. The second kappa shape index (κ2) is 6.24. The minimum atomic E-state index is -0.166. The molecule has 24 heavy (non-hydrogen) atoms. The molecule has 0 aliphatic carbocycles. The minimum absolute atomic E-state index is 0.136. The predicted molar refractivity (Wildman–Crippen MR) is 92.3 cm³/mol. The smallest absolute Gasteiger partial charge is 0.259 e. The molecule has 5 nitrogen and oxygen atoms in total. The molecule has 1 amide bonds. The topological polar surface area (TPSA) is 54.5 Å². The molecule has 0 spiro atoms. The summed E-state index contributed by atoms with van der Waals surface area (Å²) in [7, 11) is 0. The maximum Gasteiger partial charge on any atom is 0.259 e. The third-order valence-electron chi connectivity index (χ3n) is 4.88. The second-order valence-electron chi connectivity index (χ2n) is 6.61. The number of amides is 1. The van der Waals surface area contributed by atoms with Gasteiger partial charge in [-0.25, -0.2) is 0 Å². The molecule has 2 saturated heterocycles. The molecule has 124 valence electrons. The van der Waals surface area contributed by atoms with Crippen LogP contribution in [0.4, 0.5) is 5.69 Å². The van der Waals surface area contributed by atoms with Crippen LogP contribution in [0.3, 0.4) is 0 Å². The van der Waals surface area contributed by atoms with E-state index in [9.17, 15) is 4.79 Å². The highest BCUT2D eigenvalue weighted by molar-refractivity contribution is 6.06. The van der Waals surface area contributed by atoms with Crippen LogP contribution >= 0.6 is 0 Å². The Labute approximate surface area is 141 Å². The van der Waals surface area contributed by atoms with E-state index in [-0.39, 0.29) is 11.5 Å². The molecule has 3 heterocycles. The number of fused-ring (bicyclic) bond motifs is 2. The van der Waals surface area contributed by atoms with Gasteiger partial charge in [-0.3, -0.25) is 14.7 Å². The number of pyridine rings is 1. The monoisotopic (exact) mass is 323 g/mol. The average Bonchev–Trinajstić information content (AvgIpc) is 2.90. The number of nitrogens with zero attached hydrogens (tertiary/aromatic N) is 2. The molecule has 2 aromatic rings. The molecule has 2 atom stereocenters. The zero-order valence-electron chi connectivity index (χ0n) is 13.6. The van der Waals surface area contributed by atoms with Gasteiger partial charge in [0.2, 0.25) is 0 Å². The Morgan fingerprint density at radius 1 is 1.17 bits per heavy atom. The number of anilines is 1. The molecule has 2 bridgehead atoms. The van der Waals surface area contributed by atoms with Crippen LogP contribution < -0.4 is 10.1 Å². The summed E-state index contributed by atoms with van der Waals surface area (Å²) in [6.07, 6.45) is 6.56. The molecule has 2 aliphatic rings. The Balaban J connectivity index is 1.55. The number of carbonyl (C=O) groups excluding carboxylic acids is 1. The lowest BCUT2D eigenvalue weighted by atomic mass is 9.94. The second-order valence-corrected chi connectivity index (χ2v) is 6.61. The predicted octanol–water partition coefficient (Wildman–Crippen LogP) is 2.95. The molecule has 1 aromatic heterocycles. The van der Waals surface area contributed by atoms with Crippen LogP contribution in [0.15, 0.2) is 48.8 Å². The van der Waals surface area contributed by atoms with E-state index in [2.05, 4.69) is 15.2 Å². The van der Waals surface area contributed by atoms with Crippen LogP contribution in [-0.2, 0) is 0 Å². The fourth-order valence-corrected chi connectivity index (χ4v) is 3.69. The van der Waals surface area contributed by atoms with Gasteiger partial charge < -0.3 is 10.1 Å². The van der Waals surface area contributed by atoms with Gasteiger partial charge in [0.1, 0.15) is 11.4 Å². The lowest BCUT2D eigenvalue weighted by Gasteiger charge is -2.35. The normalized spacial score (nSPS) is 25.2. The van der Waals surface area contributed by atoms with Crippen LogP contribution in [0.5, 0.6) is 5.75 Å². The van der Waals surface area contributed by atoms with Gasteiger partial charge in [-0.05, 0) is 43.7 Å². The van der Waals surface area contributed by atoms with Crippen LogP contribution in [0.25, 0.3) is 0 Å². The summed E-state index contributed by atoms with van der Waals surface area (Å²) in [5.74, 6) is 0.503. The number of piperidine rings is 1. The Hall–Kier alpha value is -2.40. The summed E-state index contributed by atoms with van der Waals surface area (Å²) in [5.41, 5.74) is 1.11. The molecule has 0 saturated carbocycles. The van der Waals surface area contributed by atoms with Gasteiger partial charge >= 0.3 is 0 Å². The third kappa shape index (κ3) is 2.99. The first kappa shape index (κ1) is 15.1. The molecule has 1 aromatic carbocycles. The Bertz CT molecular complexity index is 730. The van der Waals surface area contributed by atoms with Crippen LogP contribution in [0.2, 0.25) is 0 Å². The van der Waals surface area contributed by atoms with Crippen LogP contribution in [-0.4, -0.2) is 41.0 Å². The summed E-state index contributed by atoms with van der Waals surface area (Å²) in [6, 6.07) is 11.1. The first-order valence-electron chi connectivity index (χ1n) is 8.46. The van der Waals surface area contributed by atoms with Crippen molar-refractivity contribution in [1.29, 1.82) is 0 Å². The first-order valence-corrected chi connectivity index (χ1v) is 8.46. The molecule has 4 rings (SSSR count). The highest BCUT2D eigenvalue weighted by atomic mass is 16.5. The number of nitrogens with one attached hydrogen (secondary N) is 1. The van der Waals surface area contributed by atoms with E-state index >= 15 is 0 Å². The van der Waals surface area contributed by atoms with E-state index in [1.807, 2.05) is 30.3 Å². The van der Waals surface area contributed by atoms with Crippen molar-refractivity contribution in [1.82, 2.24) is 9.88 Å². The van der Waals surface area contributed by atoms with E-state index in [4.69, 9.17) is 4.74 Å². The number of aromatic nitrogens is 1. The van der Waals surface area contributed by atoms with Gasteiger partial charge in [-0.2, -0.15) is 0 Å². The average molecular weight is 323 g/mol. The lowest BCUT2D eigenvalue weighted by Crippen LogP contribution is -2.43. The SMILES string of the molecule is O=C(Nc1cccnc1)c1ccccc1OC12CCCN(CC1)C2. The molecule has 5 heteroatoms. The zero-order chi connectivity index (χ0) is 16.4. The molecular weight excluding hydrogens is 302 g/mol. The van der Waals surface area contributed by atoms with Crippen molar-refractivity contribution >= 4 is 11.6 Å². The van der Waals surface area contributed by atoms with Crippen molar-refractivity contribution in [2.75, 3.05) is 25.0 Å². The quantitative estimate of drug-likeness (QED) is 0.940. The highest BCUT2D eigenvalue weighted by Gasteiger charge is 2.43. The number of hydrogen-bond acceptors (Lipinski definition) is 4. The van der Waals surface area contributed by atoms with E-state index in [1.54, 1.807) is 18.5 Å². The fraction of sp³-hybridized carbons (Fsp3) is 0.368. The van der Waals surface area contributed by atoms with Crippen molar-refractivity contribution in [2.45, 2.75) is 24.9 Å². The molecule has 0 radical (unpaired) electrons. The number of ether oxygens (including phenoxy) is 1. The van der Waals surface area contributed by atoms with Gasteiger partial charge in [0, 0.05) is 25.7 Å². The zero-order valence-corrected chi connectivity index (χ0v) is 13.6. The van der Waals surface area contributed by atoms with E-state index < -0.39 is 0 Å². The molecule has 2 fully saturated rings. The van der Waals surface area contributed by atoms with Crippen molar-refractivity contribution in [3.63, 3.8) is 0 Å². The molecule has 2 unspecified atom stereocenters. The molecule has 1 N–H and O–H groups in total. The lowest BCUT2D eigenvalue weighted by molar-refractivity contribution is 0.0443. The number of benzene rings is 1. The third-order valence-corrected chi connectivity index (χ3v) is 4.88. The van der Waals surface area contributed by atoms with Crippen LogP contribution in [0, 0.1) is 0 Å². The van der Waals surface area contributed by atoms with Crippen molar-refractivity contribution in [2.24, 2.45) is 0 Å². The number of hydrogen-bond donors (Lipinski definition) is 1. The Morgan fingerprint density at radius 2 is 2.08 bits per heavy atom. The van der Waals surface area contributed by atoms with Gasteiger partial charge in [-0.1, -0.05) is 12.1 Å². The summed E-state index contributed by atoms with van der Waals surface area (Å²) in [5, 5.41) is 2.88. The summed E-state index contributed by atoms with van der Waals surface area (Å²) in [4.78, 5) is 19.1. The Morgan fingerprint density at radius 3 is 2.96 bits per heavy atom. The van der Waals surface area contributed by atoms with Crippen molar-refractivity contribution in [3.8, 4) is 5.75 Å². The summed E-state index contributed by atoms with van der Waals surface area (Å²) < 4.78 is 6.41. The van der Waals surface area contributed by atoms with E-state index in [1.165, 1.54) is 0 Å². The van der Waals surface area contributed by atoms with E-state index in [0.29, 0.717) is 17.0 Å². The Kier molecular flexibility index (Phi) is 3.94. The molecular formula is C19H21N3O2. The standard InChI is InChI=1S/C19H21N3O2/c23-18(21-15-5-3-10-20-13-15)16-6-1-2-7-17(16)24-19-8-4-11-22(14-19)12-9-19/h1-3,5-7,10,13H,4,8-9,11-12,14H2,(H,21,23). The number of carbonyl (C=O) groups is 1. The molecule has 2 aliphatic heterocycles. The first-order chi connectivity index (χ1) is 11.7. The van der Waals surface area contributed by atoms with Gasteiger partial charge in [0.25, 0.3) is 5.91 Å². The maximum atomic E-state index is 12.7.